The van der Waals surface area contributed by atoms with Gasteiger partial charge in [0, 0.05) is 18.2 Å². The van der Waals surface area contributed by atoms with Gasteiger partial charge in [0.15, 0.2) is 0 Å². The summed E-state index contributed by atoms with van der Waals surface area (Å²) in [6, 6.07) is 9.65. The molecule has 0 fully saturated rings. The highest BCUT2D eigenvalue weighted by molar-refractivity contribution is 6.46. The molecule has 1 atom stereocenters. The minimum Gasteiger partial charge on any atom is -0.358 e. The Morgan fingerprint density at radius 2 is 2.12 bits per heavy atom. The van der Waals surface area contributed by atoms with Crippen molar-refractivity contribution in [2.75, 3.05) is 6.61 Å². The maximum absolute atomic E-state index is 6.12. The van der Waals surface area contributed by atoms with E-state index in [1.54, 1.807) is 6.08 Å². The first-order chi connectivity index (χ1) is 7.81. The van der Waals surface area contributed by atoms with Crippen molar-refractivity contribution in [2.45, 2.75) is 13.2 Å². The Bertz CT molecular complexity index is 414. The predicted molar refractivity (Wildman–Crippen MR) is 63.4 cm³/mol. The first kappa shape index (κ1) is 11.2. The van der Waals surface area contributed by atoms with Gasteiger partial charge >= 0.3 is 0 Å². The monoisotopic (exact) mass is 237 g/mol. The largest absolute Gasteiger partial charge is 0.358 e. The molecule has 1 heterocycles. The summed E-state index contributed by atoms with van der Waals surface area (Å²) in [5.41, 5.74) is 1.57. The topological polar surface area (TPSA) is 30.8 Å². The standard InChI is InChI=1S/C12H12ClNO2/c1-2-15-11-8-10(13)12(14-16-11)9-6-4-3-5-7-9/h3-8,11H,2H2,1H3. The second-order valence-electron chi connectivity index (χ2n) is 3.25. The molecule has 2 rings (SSSR count). The number of allylic oxidation sites excluding steroid dienone is 1. The Morgan fingerprint density at radius 1 is 1.38 bits per heavy atom. The fourth-order valence-corrected chi connectivity index (χ4v) is 1.65. The molecule has 0 aromatic heterocycles. The highest BCUT2D eigenvalue weighted by Crippen LogP contribution is 2.20. The third-order valence-corrected chi connectivity index (χ3v) is 2.44. The minimum absolute atomic E-state index is 0.482. The van der Waals surface area contributed by atoms with Crippen molar-refractivity contribution >= 4 is 17.3 Å². The molecule has 0 radical (unpaired) electrons. The van der Waals surface area contributed by atoms with E-state index in [0.717, 1.165) is 5.56 Å². The van der Waals surface area contributed by atoms with E-state index in [9.17, 15) is 0 Å². The van der Waals surface area contributed by atoms with Crippen LogP contribution in [0.5, 0.6) is 0 Å². The fraction of sp³-hybridized carbons (Fsp3) is 0.250. The molecule has 16 heavy (non-hydrogen) atoms. The van der Waals surface area contributed by atoms with Crippen LogP contribution in [0.3, 0.4) is 0 Å². The van der Waals surface area contributed by atoms with E-state index in [1.165, 1.54) is 0 Å². The lowest BCUT2D eigenvalue weighted by atomic mass is 10.1. The number of benzene rings is 1. The lowest BCUT2D eigenvalue weighted by Gasteiger charge is -2.17. The van der Waals surface area contributed by atoms with Gasteiger partial charge in [0.1, 0.15) is 5.71 Å². The number of oxime groups is 1. The fourth-order valence-electron chi connectivity index (χ4n) is 1.41. The van der Waals surface area contributed by atoms with E-state index in [-0.39, 0.29) is 0 Å². The summed E-state index contributed by atoms with van der Waals surface area (Å²) in [4.78, 5) is 5.16. The quantitative estimate of drug-likeness (QED) is 0.809. The van der Waals surface area contributed by atoms with Crippen LogP contribution in [0.2, 0.25) is 0 Å². The molecule has 1 aliphatic rings. The Balaban J connectivity index is 2.18. The van der Waals surface area contributed by atoms with Gasteiger partial charge in [0.05, 0.1) is 5.03 Å². The van der Waals surface area contributed by atoms with Crippen molar-refractivity contribution < 1.29 is 9.57 Å². The number of hydrogen-bond acceptors (Lipinski definition) is 3. The maximum atomic E-state index is 6.12. The molecule has 0 saturated heterocycles. The molecular weight excluding hydrogens is 226 g/mol. The first-order valence-electron chi connectivity index (χ1n) is 5.10. The number of hydrogen-bond donors (Lipinski definition) is 0. The smallest absolute Gasteiger partial charge is 0.247 e. The number of rotatable bonds is 3. The zero-order valence-corrected chi connectivity index (χ0v) is 9.65. The predicted octanol–water partition coefficient (Wildman–Crippen LogP) is 2.91. The SMILES string of the molecule is CCOC1C=C(Cl)C(c2ccccc2)=NO1. The zero-order valence-electron chi connectivity index (χ0n) is 8.89. The van der Waals surface area contributed by atoms with Crippen LogP contribution in [0.15, 0.2) is 46.6 Å². The lowest BCUT2D eigenvalue weighted by molar-refractivity contribution is -0.108. The molecule has 0 bridgehead atoms. The van der Waals surface area contributed by atoms with Crippen LogP contribution in [-0.2, 0) is 9.57 Å². The van der Waals surface area contributed by atoms with Crippen LogP contribution in [0.4, 0.5) is 0 Å². The molecule has 0 aliphatic carbocycles. The second kappa shape index (κ2) is 5.14. The Morgan fingerprint density at radius 3 is 2.75 bits per heavy atom. The summed E-state index contributed by atoms with van der Waals surface area (Å²) in [5.74, 6) is 0. The van der Waals surface area contributed by atoms with Crippen LogP contribution in [0.1, 0.15) is 12.5 Å². The van der Waals surface area contributed by atoms with Crippen LogP contribution < -0.4 is 0 Å². The molecule has 1 unspecified atom stereocenters. The molecule has 1 aromatic rings. The van der Waals surface area contributed by atoms with Crippen LogP contribution in [-0.4, -0.2) is 18.6 Å². The van der Waals surface area contributed by atoms with Crippen molar-refractivity contribution in [3.63, 3.8) is 0 Å². The Kier molecular flexibility index (Phi) is 3.59. The molecule has 0 N–H and O–H groups in total. The third kappa shape index (κ3) is 2.43. The zero-order chi connectivity index (χ0) is 11.4. The van der Waals surface area contributed by atoms with Crippen LogP contribution >= 0.6 is 11.6 Å². The van der Waals surface area contributed by atoms with E-state index in [1.807, 2.05) is 37.3 Å². The summed E-state index contributed by atoms with van der Waals surface area (Å²) >= 11 is 6.12. The summed E-state index contributed by atoms with van der Waals surface area (Å²) in [6.45, 7) is 2.45. The van der Waals surface area contributed by atoms with Crippen molar-refractivity contribution in [1.82, 2.24) is 0 Å². The molecule has 84 valence electrons. The number of halogens is 1. The molecule has 1 aromatic carbocycles. The highest BCUT2D eigenvalue weighted by atomic mass is 35.5. The summed E-state index contributed by atoms with van der Waals surface area (Å²) < 4.78 is 5.25. The van der Waals surface area contributed by atoms with Gasteiger partial charge in [-0.25, -0.2) is 0 Å². The van der Waals surface area contributed by atoms with E-state index in [0.29, 0.717) is 17.4 Å². The molecule has 0 saturated carbocycles. The van der Waals surface area contributed by atoms with E-state index in [2.05, 4.69) is 5.16 Å². The van der Waals surface area contributed by atoms with Gasteiger partial charge in [0.25, 0.3) is 0 Å². The van der Waals surface area contributed by atoms with E-state index < -0.39 is 6.29 Å². The van der Waals surface area contributed by atoms with Crippen molar-refractivity contribution in [3.8, 4) is 0 Å². The van der Waals surface area contributed by atoms with Crippen molar-refractivity contribution in [1.29, 1.82) is 0 Å². The average molecular weight is 238 g/mol. The molecule has 0 spiro atoms. The van der Waals surface area contributed by atoms with Gasteiger partial charge in [-0.05, 0) is 6.92 Å². The minimum atomic E-state index is -0.482. The molecule has 1 aliphatic heterocycles. The van der Waals surface area contributed by atoms with E-state index in [4.69, 9.17) is 21.2 Å². The number of nitrogens with zero attached hydrogens (tertiary/aromatic N) is 1. The second-order valence-corrected chi connectivity index (χ2v) is 3.66. The normalized spacial score (nSPS) is 19.8. The average Bonchev–Trinajstić information content (AvgIpc) is 2.31. The lowest BCUT2D eigenvalue weighted by Crippen LogP contribution is -2.19. The van der Waals surface area contributed by atoms with Gasteiger partial charge in [-0.15, -0.1) is 0 Å². The Hall–Kier alpha value is -1.32. The molecule has 4 heteroatoms. The van der Waals surface area contributed by atoms with Gasteiger partial charge in [-0.2, -0.15) is 0 Å². The van der Waals surface area contributed by atoms with Crippen molar-refractivity contribution in [2.24, 2.45) is 5.16 Å². The molecule has 0 amide bonds. The van der Waals surface area contributed by atoms with Gasteiger partial charge < -0.3 is 9.57 Å². The first-order valence-corrected chi connectivity index (χ1v) is 5.47. The number of ether oxygens (including phenoxy) is 1. The van der Waals surface area contributed by atoms with Crippen molar-refractivity contribution in [3.05, 3.63) is 47.0 Å². The summed E-state index contributed by atoms with van der Waals surface area (Å²) in [5, 5.41) is 4.52. The van der Waals surface area contributed by atoms with Crippen LogP contribution in [0, 0.1) is 0 Å². The summed E-state index contributed by atoms with van der Waals surface area (Å²) in [7, 11) is 0. The van der Waals surface area contributed by atoms with Gasteiger partial charge in [0.2, 0.25) is 6.29 Å². The van der Waals surface area contributed by atoms with Crippen LogP contribution in [0.25, 0.3) is 0 Å². The Labute approximate surface area is 99.3 Å². The highest BCUT2D eigenvalue weighted by Gasteiger charge is 2.18. The third-order valence-electron chi connectivity index (χ3n) is 2.13. The van der Waals surface area contributed by atoms with Gasteiger partial charge in [-0.1, -0.05) is 47.1 Å². The maximum Gasteiger partial charge on any atom is 0.247 e. The van der Waals surface area contributed by atoms with E-state index >= 15 is 0 Å². The molecular formula is C12H12ClNO2. The van der Waals surface area contributed by atoms with Gasteiger partial charge in [-0.3, -0.25) is 0 Å². The molecule has 3 nitrogen and oxygen atoms in total. The summed E-state index contributed by atoms with van der Waals surface area (Å²) in [6.07, 6.45) is 1.23.